The van der Waals surface area contributed by atoms with Crippen molar-refractivity contribution in [2.24, 2.45) is 0 Å². The molecule has 0 aliphatic carbocycles. The molecule has 3 rings (SSSR count). The Balaban J connectivity index is 1.94. The van der Waals surface area contributed by atoms with Gasteiger partial charge in [0.1, 0.15) is 17.8 Å². The van der Waals surface area contributed by atoms with Crippen LogP contribution in [0, 0.1) is 6.92 Å². The van der Waals surface area contributed by atoms with E-state index >= 15 is 0 Å². The van der Waals surface area contributed by atoms with Crippen molar-refractivity contribution in [1.82, 2.24) is 4.98 Å². The van der Waals surface area contributed by atoms with Gasteiger partial charge in [-0.05, 0) is 42.8 Å². The molecule has 20 heavy (non-hydrogen) atoms. The summed E-state index contributed by atoms with van der Waals surface area (Å²) in [6.45, 7) is 1.91. The highest BCUT2D eigenvalue weighted by Gasteiger charge is 2.04. The predicted molar refractivity (Wildman–Crippen MR) is 78.4 cm³/mol. The molecule has 0 aliphatic rings. The molecule has 0 atom stereocenters. The molecule has 0 spiro atoms. The van der Waals surface area contributed by atoms with E-state index in [-0.39, 0.29) is 0 Å². The maximum absolute atomic E-state index is 10.7. The molecule has 1 heterocycles. The number of aromatic nitrogens is 1. The van der Waals surface area contributed by atoms with Crippen LogP contribution in [0.15, 0.2) is 54.7 Å². The number of aldehydes is 1. The van der Waals surface area contributed by atoms with E-state index in [1.54, 1.807) is 24.4 Å². The predicted octanol–water partition coefficient (Wildman–Crippen LogP) is 4.15. The van der Waals surface area contributed by atoms with E-state index in [4.69, 9.17) is 4.74 Å². The number of fused-ring (bicyclic) bond motifs is 1. The van der Waals surface area contributed by atoms with Crippen LogP contribution in [-0.2, 0) is 0 Å². The second-order valence-electron chi connectivity index (χ2n) is 4.61. The lowest BCUT2D eigenvalue weighted by Gasteiger charge is -2.09. The van der Waals surface area contributed by atoms with E-state index in [1.165, 1.54) is 0 Å². The first kappa shape index (κ1) is 12.4. The molecule has 0 radical (unpaired) electrons. The third kappa shape index (κ3) is 2.38. The Labute approximate surface area is 116 Å². The Hall–Kier alpha value is -2.68. The number of nitrogens with zero attached hydrogens (tertiary/aromatic N) is 1. The molecule has 0 bridgehead atoms. The van der Waals surface area contributed by atoms with Crippen molar-refractivity contribution in [1.29, 1.82) is 0 Å². The van der Waals surface area contributed by atoms with Crippen LogP contribution in [0.25, 0.3) is 10.9 Å². The summed E-state index contributed by atoms with van der Waals surface area (Å²) in [5, 5.41) is 1.03. The zero-order chi connectivity index (χ0) is 13.9. The zero-order valence-electron chi connectivity index (χ0n) is 11.0. The van der Waals surface area contributed by atoms with Crippen LogP contribution in [0.1, 0.15) is 15.9 Å². The lowest BCUT2D eigenvalue weighted by molar-refractivity contribution is 0.112. The van der Waals surface area contributed by atoms with Crippen molar-refractivity contribution in [3.05, 3.63) is 65.9 Å². The number of carbonyl (C=O) groups is 1. The number of hydrogen-bond acceptors (Lipinski definition) is 3. The summed E-state index contributed by atoms with van der Waals surface area (Å²) in [5.74, 6) is 1.42. The van der Waals surface area contributed by atoms with Gasteiger partial charge in [-0.15, -0.1) is 0 Å². The van der Waals surface area contributed by atoms with Crippen molar-refractivity contribution in [2.45, 2.75) is 6.92 Å². The summed E-state index contributed by atoms with van der Waals surface area (Å²) in [6.07, 6.45) is 2.53. The second-order valence-corrected chi connectivity index (χ2v) is 4.61. The number of para-hydroxylation sites is 1. The normalized spacial score (nSPS) is 10.4. The molecule has 0 amide bonds. The third-order valence-corrected chi connectivity index (χ3v) is 3.13. The SMILES string of the molecule is Cc1cc(C=O)ccc1Oc1cnc2ccccc2c1. The van der Waals surface area contributed by atoms with Gasteiger partial charge in [0, 0.05) is 10.9 Å². The Morgan fingerprint density at radius 2 is 1.95 bits per heavy atom. The molecule has 98 valence electrons. The smallest absolute Gasteiger partial charge is 0.150 e. The molecule has 0 saturated carbocycles. The third-order valence-electron chi connectivity index (χ3n) is 3.13. The molecule has 0 N–H and O–H groups in total. The number of aryl methyl sites for hydroxylation is 1. The molecule has 2 aromatic carbocycles. The molecule has 0 unspecified atom stereocenters. The fourth-order valence-electron chi connectivity index (χ4n) is 2.09. The Morgan fingerprint density at radius 3 is 2.75 bits per heavy atom. The number of rotatable bonds is 3. The first-order chi connectivity index (χ1) is 9.76. The van der Waals surface area contributed by atoms with Crippen LogP contribution in [0.4, 0.5) is 0 Å². The number of carbonyl (C=O) groups excluding carboxylic acids is 1. The van der Waals surface area contributed by atoms with E-state index < -0.39 is 0 Å². The molecular formula is C17H13NO2. The van der Waals surface area contributed by atoms with Crippen LogP contribution in [0.3, 0.4) is 0 Å². The molecule has 0 fully saturated rings. The summed E-state index contributed by atoms with van der Waals surface area (Å²) < 4.78 is 5.84. The number of benzene rings is 2. The van der Waals surface area contributed by atoms with Gasteiger partial charge in [-0.2, -0.15) is 0 Å². The number of pyridine rings is 1. The molecular weight excluding hydrogens is 250 g/mol. The van der Waals surface area contributed by atoms with Crippen LogP contribution in [0.5, 0.6) is 11.5 Å². The fourth-order valence-corrected chi connectivity index (χ4v) is 2.09. The Kier molecular flexibility index (Phi) is 3.17. The molecule has 3 aromatic rings. The van der Waals surface area contributed by atoms with Crippen LogP contribution >= 0.6 is 0 Å². The first-order valence-electron chi connectivity index (χ1n) is 6.35. The Morgan fingerprint density at radius 1 is 1.10 bits per heavy atom. The quantitative estimate of drug-likeness (QED) is 0.666. The van der Waals surface area contributed by atoms with Crippen molar-refractivity contribution >= 4 is 17.2 Å². The van der Waals surface area contributed by atoms with E-state index in [2.05, 4.69) is 4.98 Å². The van der Waals surface area contributed by atoms with Crippen molar-refractivity contribution in [3.63, 3.8) is 0 Å². The van der Waals surface area contributed by atoms with Gasteiger partial charge in [0.25, 0.3) is 0 Å². The monoisotopic (exact) mass is 263 g/mol. The van der Waals surface area contributed by atoms with Crippen molar-refractivity contribution in [2.75, 3.05) is 0 Å². The van der Waals surface area contributed by atoms with Gasteiger partial charge in [-0.3, -0.25) is 9.78 Å². The average Bonchev–Trinajstić information content (AvgIpc) is 2.49. The largest absolute Gasteiger partial charge is 0.455 e. The molecule has 3 nitrogen and oxygen atoms in total. The van der Waals surface area contributed by atoms with Crippen LogP contribution in [0.2, 0.25) is 0 Å². The Bertz CT molecular complexity index is 781. The molecule has 3 heteroatoms. The van der Waals surface area contributed by atoms with E-state index in [9.17, 15) is 4.79 Å². The van der Waals surface area contributed by atoms with E-state index in [0.717, 1.165) is 28.5 Å². The van der Waals surface area contributed by atoms with Crippen molar-refractivity contribution < 1.29 is 9.53 Å². The second kappa shape index (κ2) is 5.13. The van der Waals surface area contributed by atoms with Crippen LogP contribution in [-0.4, -0.2) is 11.3 Å². The standard InChI is InChI=1S/C17H13NO2/c1-12-8-13(11-19)6-7-17(12)20-15-9-14-4-2-3-5-16(14)18-10-15/h2-11H,1H3. The van der Waals surface area contributed by atoms with E-state index in [0.29, 0.717) is 11.3 Å². The van der Waals surface area contributed by atoms with Crippen molar-refractivity contribution in [3.8, 4) is 11.5 Å². The topological polar surface area (TPSA) is 39.2 Å². The van der Waals surface area contributed by atoms with Crippen LogP contribution < -0.4 is 4.74 Å². The highest BCUT2D eigenvalue weighted by Crippen LogP contribution is 2.27. The lowest BCUT2D eigenvalue weighted by atomic mass is 10.1. The van der Waals surface area contributed by atoms with E-state index in [1.807, 2.05) is 37.3 Å². The fraction of sp³-hybridized carbons (Fsp3) is 0.0588. The first-order valence-corrected chi connectivity index (χ1v) is 6.35. The maximum atomic E-state index is 10.7. The van der Waals surface area contributed by atoms with Gasteiger partial charge < -0.3 is 4.74 Å². The van der Waals surface area contributed by atoms with Gasteiger partial charge in [0.2, 0.25) is 0 Å². The molecule has 0 saturated heterocycles. The summed E-state index contributed by atoms with van der Waals surface area (Å²) in [5.41, 5.74) is 2.50. The average molecular weight is 263 g/mol. The van der Waals surface area contributed by atoms with Gasteiger partial charge in [-0.25, -0.2) is 0 Å². The van der Waals surface area contributed by atoms with Gasteiger partial charge in [0.05, 0.1) is 11.7 Å². The lowest BCUT2D eigenvalue weighted by Crippen LogP contribution is -1.90. The minimum atomic E-state index is 0.645. The number of ether oxygens (including phenoxy) is 1. The highest BCUT2D eigenvalue weighted by molar-refractivity contribution is 5.79. The summed E-state index contributed by atoms with van der Waals surface area (Å²) in [4.78, 5) is 15.1. The maximum Gasteiger partial charge on any atom is 0.150 e. The molecule has 0 aliphatic heterocycles. The van der Waals surface area contributed by atoms with Gasteiger partial charge in [0.15, 0.2) is 0 Å². The summed E-state index contributed by atoms with van der Waals surface area (Å²) in [6, 6.07) is 15.2. The van der Waals surface area contributed by atoms with Gasteiger partial charge in [-0.1, -0.05) is 18.2 Å². The number of hydrogen-bond donors (Lipinski definition) is 0. The summed E-state index contributed by atoms with van der Waals surface area (Å²) in [7, 11) is 0. The van der Waals surface area contributed by atoms with Gasteiger partial charge >= 0.3 is 0 Å². The summed E-state index contributed by atoms with van der Waals surface area (Å²) >= 11 is 0. The zero-order valence-corrected chi connectivity index (χ0v) is 11.0. The minimum Gasteiger partial charge on any atom is -0.455 e. The minimum absolute atomic E-state index is 0.645. The molecule has 1 aromatic heterocycles. The highest BCUT2D eigenvalue weighted by atomic mass is 16.5.